The van der Waals surface area contributed by atoms with Gasteiger partial charge in [-0.15, -0.1) is 0 Å². The fourth-order valence-corrected chi connectivity index (χ4v) is 3.49. The van der Waals surface area contributed by atoms with Crippen molar-refractivity contribution in [2.75, 3.05) is 19.6 Å². The Morgan fingerprint density at radius 3 is 2.50 bits per heavy atom. The molecule has 28 heavy (non-hydrogen) atoms. The van der Waals surface area contributed by atoms with Crippen LogP contribution < -0.4 is 10.7 Å². The molecule has 2 aromatic carbocycles. The van der Waals surface area contributed by atoms with E-state index in [1.54, 1.807) is 12.1 Å². The molecule has 0 unspecified atom stereocenters. The molecule has 0 spiro atoms. The minimum absolute atomic E-state index is 0.00817. The van der Waals surface area contributed by atoms with Gasteiger partial charge in [0.15, 0.2) is 11.2 Å². The van der Waals surface area contributed by atoms with Crippen LogP contribution in [0.2, 0.25) is 5.02 Å². The fourth-order valence-electron chi connectivity index (χ4n) is 3.31. The van der Waals surface area contributed by atoms with Crippen LogP contribution in [-0.4, -0.2) is 30.4 Å². The van der Waals surface area contributed by atoms with Crippen LogP contribution in [0.25, 0.3) is 11.0 Å². The van der Waals surface area contributed by atoms with Gasteiger partial charge in [-0.2, -0.15) is 0 Å². The van der Waals surface area contributed by atoms with Gasteiger partial charge in [0.25, 0.3) is 5.91 Å². The normalized spacial score (nSPS) is 12.3. The van der Waals surface area contributed by atoms with Gasteiger partial charge >= 0.3 is 0 Å². The van der Waals surface area contributed by atoms with Crippen LogP contribution in [0.3, 0.4) is 0 Å². The van der Waals surface area contributed by atoms with Crippen LogP contribution in [0.15, 0.2) is 63.8 Å². The number of hydrogen-bond acceptors (Lipinski definition) is 4. The van der Waals surface area contributed by atoms with Crippen molar-refractivity contribution in [1.82, 2.24) is 10.2 Å². The van der Waals surface area contributed by atoms with Crippen LogP contribution >= 0.6 is 11.6 Å². The standard InChI is InChI=1S/C22H23ClN2O3/c1-3-25(4-2)18(15-8-6-5-7-9-15)14-24-22(27)21-13-19(26)17-12-16(23)10-11-20(17)28-21/h5-13,18H,3-4,14H2,1-2H3,(H,24,27)/t18-/m1/s1. The van der Waals surface area contributed by atoms with Gasteiger partial charge in [-0.3, -0.25) is 14.5 Å². The first kappa shape index (κ1) is 20.1. The average Bonchev–Trinajstić information content (AvgIpc) is 2.72. The van der Waals surface area contributed by atoms with Gasteiger partial charge < -0.3 is 9.73 Å². The van der Waals surface area contributed by atoms with Gasteiger partial charge in [0.2, 0.25) is 0 Å². The maximum atomic E-state index is 12.7. The molecule has 3 rings (SSSR count). The summed E-state index contributed by atoms with van der Waals surface area (Å²) in [5.41, 5.74) is 1.17. The zero-order chi connectivity index (χ0) is 20.1. The molecule has 6 heteroatoms. The molecule has 0 aliphatic heterocycles. The molecule has 0 saturated heterocycles. The van der Waals surface area contributed by atoms with E-state index in [0.29, 0.717) is 22.5 Å². The van der Waals surface area contributed by atoms with E-state index in [1.807, 2.05) is 18.2 Å². The summed E-state index contributed by atoms with van der Waals surface area (Å²) < 4.78 is 5.63. The van der Waals surface area contributed by atoms with E-state index < -0.39 is 5.91 Å². The number of fused-ring (bicyclic) bond motifs is 1. The highest BCUT2D eigenvalue weighted by atomic mass is 35.5. The largest absolute Gasteiger partial charge is 0.451 e. The van der Waals surface area contributed by atoms with Crippen molar-refractivity contribution in [3.8, 4) is 0 Å². The molecule has 5 nitrogen and oxygen atoms in total. The van der Waals surface area contributed by atoms with Gasteiger partial charge in [0.1, 0.15) is 5.58 Å². The van der Waals surface area contributed by atoms with E-state index in [4.69, 9.17) is 16.0 Å². The second-order valence-electron chi connectivity index (χ2n) is 6.47. The number of nitrogens with zero attached hydrogens (tertiary/aromatic N) is 1. The number of amides is 1. The predicted molar refractivity (Wildman–Crippen MR) is 112 cm³/mol. The predicted octanol–water partition coefficient (Wildman–Crippen LogP) is 4.26. The summed E-state index contributed by atoms with van der Waals surface area (Å²) in [5.74, 6) is -0.423. The first-order valence-electron chi connectivity index (χ1n) is 9.34. The maximum absolute atomic E-state index is 12.7. The minimum atomic E-state index is -0.415. The van der Waals surface area contributed by atoms with Crippen molar-refractivity contribution >= 4 is 28.5 Å². The first-order chi connectivity index (χ1) is 13.5. The number of likely N-dealkylation sites (N-methyl/N-ethyl adjacent to an activating group) is 1. The smallest absolute Gasteiger partial charge is 0.287 e. The SMILES string of the molecule is CCN(CC)[C@H](CNC(=O)c1cc(=O)c2cc(Cl)ccc2o1)c1ccccc1. The third kappa shape index (κ3) is 4.43. The Balaban J connectivity index is 1.82. The fraction of sp³-hybridized carbons (Fsp3) is 0.273. The van der Waals surface area contributed by atoms with E-state index in [2.05, 4.69) is 36.2 Å². The van der Waals surface area contributed by atoms with E-state index in [0.717, 1.165) is 18.7 Å². The second-order valence-corrected chi connectivity index (χ2v) is 6.91. The molecule has 3 aromatic rings. The number of carbonyl (C=O) groups excluding carboxylic acids is 1. The number of rotatable bonds is 7. The first-order valence-corrected chi connectivity index (χ1v) is 9.71. The number of benzene rings is 2. The average molecular weight is 399 g/mol. The number of hydrogen-bond donors (Lipinski definition) is 1. The zero-order valence-corrected chi connectivity index (χ0v) is 16.7. The topological polar surface area (TPSA) is 62.6 Å². The Bertz CT molecular complexity index is 1010. The van der Waals surface area contributed by atoms with Crippen LogP contribution in [0, 0.1) is 0 Å². The summed E-state index contributed by atoms with van der Waals surface area (Å²) in [5, 5.41) is 3.71. The van der Waals surface area contributed by atoms with E-state index in [9.17, 15) is 9.59 Å². The third-order valence-corrected chi connectivity index (χ3v) is 5.04. The van der Waals surface area contributed by atoms with Gasteiger partial charge in [-0.1, -0.05) is 55.8 Å². The molecule has 1 aromatic heterocycles. The number of halogens is 1. The Labute approximate surface area is 168 Å². The maximum Gasteiger partial charge on any atom is 0.287 e. The van der Waals surface area contributed by atoms with Crippen molar-refractivity contribution in [3.63, 3.8) is 0 Å². The van der Waals surface area contributed by atoms with Crippen molar-refractivity contribution < 1.29 is 9.21 Å². The minimum Gasteiger partial charge on any atom is -0.451 e. The summed E-state index contributed by atoms with van der Waals surface area (Å²) in [4.78, 5) is 27.2. The van der Waals surface area contributed by atoms with Crippen LogP contribution in [0.4, 0.5) is 0 Å². The Kier molecular flexibility index (Phi) is 6.49. The van der Waals surface area contributed by atoms with Gasteiger partial charge in [0.05, 0.1) is 11.4 Å². The lowest BCUT2D eigenvalue weighted by Crippen LogP contribution is -2.38. The molecule has 0 saturated carbocycles. The van der Waals surface area contributed by atoms with Crippen molar-refractivity contribution in [2.45, 2.75) is 19.9 Å². The quantitative estimate of drug-likeness (QED) is 0.646. The molecule has 0 aliphatic carbocycles. The molecule has 146 valence electrons. The van der Waals surface area contributed by atoms with Crippen molar-refractivity contribution in [3.05, 3.63) is 81.2 Å². The monoisotopic (exact) mass is 398 g/mol. The van der Waals surface area contributed by atoms with Crippen LogP contribution in [0.5, 0.6) is 0 Å². The van der Waals surface area contributed by atoms with Crippen molar-refractivity contribution in [2.24, 2.45) is 0 Å². The zero-order valence-electron chi connectivity index (χ0n) is 15.9. The molecule has 0 aliphatic rings. The lowest BCUT2D eigenvalue weighted by atomic mass is 10.1. The lowest BCUT2D eigenvalue weighted by molar-refractivity contribution is 0.0908. The van der Waals surface area contributed by atoms with Gasteiger partial charge in [0, 0.05) is 17.6 Å². The molecule has 1 atom stereocenters. The molecule has 1 amide bonds. The Morgan fingerprint density at radius 2 is 1.82 bits per heavy atom. The molecule has 0 bridgehead atoms. The molecular formula is C22H23ClN2O3. The Hall–Kier alpha value is -2.63. The van der Waals surface area contributed by atoms with Gasteiger partial charge in [-0.25, -0.2) is 0 Å². The summed E-state index contributed by atoms with van der Waals surface area (Å²) in [6, 6.07) is 16.0. The van der Waals surface area contributed by atoms with Crippen molar-refractivity contribution in [1.29, 1.82) is 0 Å². The summed E-state index contributed by atoms with van der Waals surface area (Å²) >= 11 is 5.93. The van der Waals surface area contributed by atoms with E-state index in [1.165, 1.54) is 12.1 Å². The summed E-state index contributed by atoms with van der Waals surface area (Å²) in [6.07, 6.45) is 0. The third-order valence-electron chi connectivity index (χ3n) is 4.81. The molecule has 1 heterocycles. The Morgan fingerprint density at radius 1 is 1.11 bits per heavy atom. The van der Waals surface area contributed by atoms with Crippen LogP contribution in [-0.2, 0) is 0 Å². The summed E-state index contributed by atoms with van der Waals surface area (Å²) in [6.45, 7) is 6.31. The highest BCUT2D eigenvalue weighted by Crippen LogP contribution is 2.20. The van der Waals surface area contributed by atoms with E-state index in [-0.39, 0.29) is 17.2 Å². The number of nitrogens with one attached hydrogen (secondary N) is 1. The highest BCUT2D eigenvalue weighted by molar-refractivity contribution is 6.31. The second kappa shape index (κ2) is 9.04. The molecule has 1 N–H and O–H groups in total. The summed E-state index contributed by atoms with van der Waals surface area (Å²) in [7, 11) is 0. The van der Waals surface area contributed by atoms with E-state index >= 15 is 0 Å². The molecular weight excluding hydrogens is 376 g/mol. The number of carbonyl (C=O) groups is 1. The highest BCUT2D eigenvalue weighted by Gasteiger charge is 2.20. The lowest BCUT2D eigenvalue weighted by Gasteiger charge is -2.30. The molecule has 0 radical (unpaired) electrons. The van der Waals surface area contributed by atoms with Gasteiger partial charge in [-0.05, 0) is 36.9 Å². The molecule has 0 fully saturated rings. The van der Waals surface area contributed by atoms with Crippen LogP contribution in [0.1, 0.15) is 36.0 Å².